The number of rotatable bonds is 6. The first-order chi connectivity index (χ1) is 13.3. The van der Waals surface area contributed by atoms with Crippen LogP contribution in [0.2, 0.25) is 0 Å². The zero-order valence-electron chi connectivity index (χ0n) is 15.0. The molecule has 0 unspecified atom stereocenters. The summed E-state index contributed by atoms with van der Waals surface area (Å²) in [6, 6.07) is 15.4. The third-order valence-corrected chi connectivity index (χ3v) is 4.08. The van der Waals surface area contributed by atoms with E-state index in [1.165, 1.54) is 0 Å². The van der Waals surface area contributed by atoms with E-state index in [-0.39, 0.29) is 0 Å². The van der Waals surface area contributed by atoms with Gasteiger partial charge in [-0.25, -0.2) is 0 Å². The van der Waals surface area contributed by atoms with Crippen LogP contribution in [0.15, 0.2) is 59.3 Å². The normalized spacial score (nSPS) is 10.7. The van der Waals surface area contributed by atoms with Crippen molar-refractivity contribution in [2.75, 3.05) is 13.7 Å². The van der Waals surface area contributed by atoms with Gasteiger partial charge in [-0.1, -0.05) is 35.5 Å². The van der Waals surface area contributed by atoms with Gasteiger partial charge in [0, 0.05) is 11.1 Å². The van der Waals surface area contributed by atoms with Crippen LogP contribution in [0.4, 0.5) is 0 Å². The van der Waals surface area contributed by atoms with Crippen LogP contribution in [0.5, 0.6) is 11.5 Å². The van der Waals surface area contributed by atoms with Crippen molar-refractivity contribution in [2.45, 2.75) is 6.92 Å². The minimum atomic E-state index is 0.394. The van der Waals surface area contributed by atoms with Crippen molar-refractivity contribution in [3.63, 3.8) is 0 Å². The van der Waals surface area contributed by atoms with Crippen molar-refractivity contribution >= 4 is 0 Å². The summed E-state index contributed by atoms with van der Waals surface area (Å²) in [6.45, 7) is 2.48. The molecule has 136 valence electrons. The van der Waals surface area contributed by atoms with Gasteiger partial charge in [0.15, 0.2) is 11.5 Å². The first kappa shape index (κ1) is 16.8. The summed E-state index contributed by atoms with van der Waals surface area (Å²) >= 11 is 0. The number of aromatic nitrogens is 4. The molecule has 0 atom stereocenters. The zero-order valence-corrected chi connectivity index (χ0v) is 15.0. The number of benzene rings is 2. The Bertz CT molecular complexity index is 1040. The number of methoxy groups -OCH3 is 1. The van der Waals surface area contributed by atoms with Crippen molar-refractivity contribution < 1.29 is 14.0 Å². The molecule has 27 heavy (non-hydrogen) atoms. The summed E-state index contributed by atoms with van der Waals surface area (Å²) < 4.78 is 16.4. The van der Waals surface area contributed by atoms with Gasteiger partial charge < -0.3 is 14.0 Å². The summed E-state index contributed by atoms with van der Waals surface area (Å²) in [6.07, 6.45) is 1.68. The first-order valence-electron chi connectivity index (χ1n) is 8.54. The Morgan fingerprint density at radius 2 is 1.89 bits per heavy atom. The monoisotopic (exact) mass is 362 g/mol. The zero-order chi connectivity index (χ0) is 18.6. The summed E-state index contributed by atoms with van der Waals surface area (Å²) in [4.78, 5) is 4.53. The topological polar surface area (TPSA) is 86.1 Å². The van der Waals surface area contributed by atoms with Crippen molar-refractivity contribution in [3.05, 3.63) is 54.7 Å². The fourth-order valence-electron chi connectivity index (χ4n) is 2.80. The predicted octanol–water partition coefficient (Wildman–Crippen LogP) is 4.20. The number of nitrogens with one attached hydrogen (secondary N) is 1. The maximum atomic E-state index is 5.55. The quantitative estimate of drug-likeness (QED) is 0.553. The average Bonchev–Trinajstić information content (AvgIpc) is 3.38. The second-order valence-electron chi connectivity index (χ2n) is 5.75. The fourth-order valence-corrected chi connectivity index (χ4v) is 2.80. The minimum absolute atomic E-state index is 0.394. The maximum absolute atomic E-state index is 5.55. The molecule has 7 heteroatoms. The highest BCUT2D eigenvalue weighted by Crippen LogP contribution is 2.33. The Balaban J connectivity index is 1.69. The molecule has 2 aromatic heterocycles. The van der Waals surface area contributed by atoms with E-state index in [9.17, 15) is 0 Å². The highest BCUT2D eigenvalue weighted by molar-refractivity contribution is 5.76. The van der Waals surface area contributed by atoms with Crippen molar-refractivity contribution in [1.82, 2.24) is 20.3 Å². The third kappa shape index (κ3) is 3.27. The predicted molar refractivity (Wildman–Crippen MR) is 100 cm³/mol. The molecular weight excluding hydrogens is 344 g/mol. The number of hydrogen-bond acceptors (Lipinski definition) is 6. The number of ether oxygens (including phenoxy) is 2. The van der Waals surface area contributed by atoms with Gasteiger partial charge in [-0.2, -0.15) is 10.1 Å². The molecule has 2 aromatic carbocycles. The molecule has 0 fully saturated rings. The van der Waals surface area contributed by atoms with Gasteiger partial charge in [0.2, 0.25) is 5.82 Å². The molecule has 0 aliphatic carbocycles. The van der Waals surface area contributed by atoms with Crippen LogP contribution in [0.25, 0.3) is 34.1 Å². The second-order valence-corrected chi connectivity index (χ2v) is 5.75. The van der Waals surface area contributed by atoms with Crippen molar-refractivity contribution in [2.24, 2.45) is 0 Å². The Morgan fingerprint density at radius 1 is 1.04 bits per heavy atom. The molecule has 0 aliphatic heterocycles. The third-order valence-electron chi connectivity index (χ3n) is 4.08. The second kappa shape index (κ2) is 7.33. The Hall–Kier alpha value is -3.61. The van der Waals surface area contributed by atoms with Crippen molar-refractivity contribution in [3.8, 4) is 45.6 Å². The Kier molecular flexibility index (Phi) is 4.57. The molecule has 0 amide bonds. The number of nitrogens with zero attached hydrogens (tertiary/aromatic N) is 3. The van der Waals surface area contributed by atoms with E-state index in [1.807, 2.05) is 55.5 Å². The van der Waals surface area contributed by atoms with E-state index in [1.54, 1.807) is 13.3 Å². The molecule has 0 radical (unpaired) electrons. The molecule has 2 heterocycles. The van der Waals surface area contributed by atoms with Crippen LogP contribution in [0.1, 0.15) is 6.92 Å². The smallest absolute Gasteiger partial charge is 0.262 e. The molecule has 0 spiro atoms. The summed E-state index contributed by atoms with van der Waals surface area (Å²) in [5, 5.41) is 11.2. The van der Waals surface area contributed by atoms with Crippen LogP contribution in [-0.2, 0) is 0 Å². The molecule has 1 N–H and O–H groups in total. The summed E-state index contributed by atoms with van der Waals surface area (Å²) in [5.41, 5.74) is 3.34. The van der Waals surface area contributed by atoms with Gasteiger partial charge in [-0.15, -0.1) is 0 Å². The number of aromatic amines is 1. The fraction of sp³-hybridized carbons (Fsp3) is 0.150. The molecular formula is C20H18N4O3. The molecule has 0 aliphatic rings. The lowest BCUT2D eigenvalue weighted by atomic mass is 10.1. The van der Waals surface area contributed by atoms with Crippen LogP contribution in [-0.4, -0.2) is 34.1 Å². The lowest BCUT2D eigenvalue weighted by Gasteiger charge is -2.09. The summed E-state index contributed by atoms with van der Waals surface area (Å²) in [7, 11) is 1.60. The number of hydrogen-bond donors (Lipinski definition) is 1. The van der Waals surface area contributed by atoms with Crippen LogP contribution in [0.3, 0.4) is 0 Å². The van der Waals surface area contributed by atoms with Gasteiger partial charge in [0.1, 0.15) is 0 Å². The highest BCUT2D eigenvalue weighted by Gasteiger charge is 2.18. The van der Waals surface area contributed by atoms with Gasteiger partial charge in [-0.3, -0.25) is 5.10 Å². The minimum Gasteiger partial charge on any atom is -0.493 e. The average molecular weight is 362 g/mol. The van der Waals surface area contributed by atoms with Gasteiger partial charge in [-0.05, 0) is 25.1 Å². The highest BCUT2D eigenvalue weighted by atomic mass is 16.5. The van der Waals surface area contributed by atoms with Gasteiger partial charge in [0.05, 0.1) is 31.2 Å². The van der Waals surface area contributed by atoms with E-state index < -0.39 is 0 Å². The van der Waals surface area contributed by atoms with E-state index in [0.29, 0.717) is 29.8 Å². The SMILES string of the molecule is CCOc1ccc(-c2noc(-c3cn[nH]c3-c3ccccc3)n2)cc1OC. The molecule has 7 nitrogen and oxygen atoms in total. The molecule has 4 aromatic rings. The molecule has 0 saturated carbocycles. The number of H-pyrrole nitrogens is 1. The van der Waals surface area contributed by atoms with E-state index in [2.05, 4.69) is 20.3 Å². The van der Waals surface area contributed by atoms with E-state index in [0.717, 1.165) is 22.4 Å². The molecule has 0 bridgehead atoms. The lowest BCUT2D eigenvalue weighted by molar-refractivity contribution is 0.311. The standard InChI is InChI=1S/C20H18N4O3/c1-3-26-16-10-9-14(11-17(16)25-2)19-22-20(27-24-19)15-12-21-23-18(15)13-7-5-4-6-8-13/h4-12H,3H2,1-2H3,(H,21,23). The van der Waals surface area contributed by atoms with Crippen LogP contribution in [0, 0.1) is 0 Å². The summed E-state index contributed by atoms with van der Waals surface area (Å²) in [5.74, 6) is 2.15. The van der Waals surface area contributed by atoms with E-state index in [4.69, 9.17) is 14.0 Å². The Labute approximate surface area is 156 Å². The molecule has 4 rings (SSSR count). The van der Waals surface area contributed by atoms with Crippen molar-refractivity contribution in [1.29, 1.82) is 0 Å². The van der Waals surface area contributed by atoms with Gasteiger partial charge >= 0.3 is 0 Å². The van der Waals surface area contributed by atoms with Crippen LogP contribution >= 0.6 is 0 Å². The van der Waals surface area contributed by atoms with Gasteiger partial charge in [0.25, 0.3) is 5.89 Å². The first-order valence-corrected chi connectivity index (χ1v) is 8.54. The lowest BCUT2D eigenvalue weighted by Crippen LogP contribution is -1.95. The van der Waals surface area contributed by atoms with Crippen LogP contribution < -0.4 is 9.47 Å². The Morgan fingerprint density at radius 3 is 2.67 bits per heavy atom. The maximum Gasteiger partial charge on any atom is 0.262 e. The molecule has 0 saturated heterocycles. The van der Waals surface area contributed by atoms with E-state index >= 15 is 0 Å². The largest absolute Gasteiger partial charge is 0.493 e.